The fourth-order valence-electron chi connectivity index (χ4n) is 2.06. The van der Waals surface area contributed by atoms with Crippen LogP contribution in [-0.4, -0.2) is 34.9 Å². The van der Waals surface area contributed by atoms with Crippen LogP contribution in [0.3, 0.4) is 0 Å². The van der Waals surface area contributed by atoms with Gasteiger partial charge in [0, 0.05) is 37.1 Å². The number of carbonyl (C=O) groups excluding carboxylic acids is 1. The number of benzene rings is 1. The minimum absolute atomic E-state index is 0.0446. The lowest BCUT2D eigenvalue weighted by atomic mass is 10.0. The van der Waals surface area contributed by atoms with Crippen LogP contribution in [0.1, 0.15) is 28.8 Å². The number of alkyl halides is 2. The maximum atomic E-state index is 13.0. The van der Waals surface area contributed by atoms with Crippen LogP contribution in [0, 0.1) is 6.92 Å². The molecule has 1 amide bonds. The predicted octanol–water partition coefficient (Wildman–Crippen LogP) is 2.57. The van der Waals surface area contributed by atoms with E-state index in [-0.39, 0.29) is 37.6 Å². The van der Waals surface area contributed by atoms with E-state index in [1.807, 2.05) is 0 Å². The molecule has 98 valence electrons. The topological polar surface area (TPSA) is 40.5 Å². The van der Waals surface area contributed by atoms with E-state index in [0.29, 0.717) is 11.1 Å². The number of nitrogens with zero attached hydrogens (tertiary/aromatic N) is 1. The van der Waals surface area contributed by atoms with E-state index < -0.39 is 5.92 Å². The number of likely N-dealkylation sites (tertiary alicyclic amines) is 1. The second-order valence-electron chi connectivity index (χ2n) is 4.60. The molecule has 1 saturated heterocycles. The lowest BCUT2D eigenvalue weighted by Gasteiger charge is -2.32. The molecule has 1 N–H and O–H groups in total. The van der Waals surface area contributed by atoms with Gasteiger partial charge in [-0.2, -0.15) is 0 Å². The molecular formula is C13H15F2NO2. The van der Waals surface area contributed by atoms with Gasteiger partial charge in [-0.25, -0.2) is 8.78 Å². The number of halogens is 2. The highest BCUT2D eigenvalue weighted by atomic mass is 19.3. The average molecular weight is 255 g/mol. The number of aromatic hydroxyl groups is 1. The second kappa shape index (κ2) is 4.55. The number of piperidine rings is 1. The number of amides is 1. The number of hydrogen-bond donors (Lipinski definition) is 1. The van der Waals surface area contributed by atoms with Crippen LogP contribution in [0.4, 0.5) is 8.78 Å². The number of carbonyl (C=O) groups is 1. The number of hydrogen-bond acceptors (Lipinski definition) is 2. The molecule has 1 heterocycles. The summed E-state index contributed by atoms with van der Waals surface area (Å²) in [7, 11) is 0. The van der Waals surface area contributed by atoms with Crippen molar-refractivity contribution in [3.05, 3.63) is 29.3 Å². The Bertz CT molecular complexity index is 464. The summed E-state index contributed by atoms with van der Waals surface area (Å²) in [4.78, 5) is 13.6. The Morgan fingerprint density at radius 2 is 1.94 bits per heavy atom. The molecule has 1 aromatic rings. The zero-order chi connectivity index (χ0) is 13.3. The Morgan fingerprint density at radius 1 is 1.33 bits per heavy atom. The summed E-state index contributed by atoms with van der Waals surface area (Å²) in [5, 5.41) is 9.54. The first-order valence-electron chi connectivity index (χ1n) is 5.86. The highest BCUT2D eigenvalue weighted by Crippen LogP contribution is 2.29. The molecular weight excluding hydrogens is 240 g/mol. The van der Waals surface area contributed by atoms with E-state index in [1.54, 1.807) is 19.1 Å². The summed E-state index contributed by atoms with van der Waals surface area (Å²) in [5.41, 5.74) is 0.861. The van der Waals surface area contributed by atoms with Gasteiger partial charge in [0.05, 0.1) is 0 Å². The molecule has 1 aromatic carbocycles. The third-order valence-corrected chi connectivity index (χ3v) is 3.32. The standard InChI is InChI=1S/C13H15F2NO2/c1-9-10(3-2-4-11(9)17)12(18)16-7-5-13(14,15)6-8-16/h2-4,17H,5-8H2,1H3. The minimum Gasteiger partial charge on any atom is -0.508 e. The lowest BCUT2D eigenvalue weighted by Crippen LogP contribution is -2.42. The Morgan fingerprint density at radius 3 is 2.56 bits per heavy atom. The number of phenolic OH excluding ortho intramolecular Hbond substituents is 1. The predicted molar refractivity (Wildman–Crippen MR) is 62.9 cm³/mol. The average Bonchev–Trinajstić information content (AvgIpc) is 2.32. The van der Waals surface area contributed by atoms with Crippen LogP contribution in [0.15, 0.2) is 18.2 Å². The fourth-order valence-corrected chi connectivity index (χ4v) is 2.06. The summed E-state index contributed by atoms with van der Waals surface area (Å²) in [6, 6.07) is 4.68. The molecule has 0 spiro atoms. The van der Waals surface area contributed by atoms with E-state index in [2.05, 4.69) is 0 Å². The molecule has 1 aliphatic heterocycles. The summed E-state index contributed by atoms with van der Waals surface area (Å²) in [6.45, 7) is 1.75. The van der Waals surface area contributed by atoms with E-state index in [4.69, 9.17) is 0 Å². The number of phenols is 1. The third kappa shape index (κ3) is 2.44. The van der Waals surface area contributed by atoms with Crippen LogP contribution >= 0.6 is 0 Å². The van der Waals surface area contributed by atoms with Gasteiger partial charge in [0.15, 0.2) is 0 Å². The van der Waals surface area contributed by atoms with Crippen molar-refractivity contribution in [2.75, 3.05) is 13.1 Å². The van der Waals surface area contributed by atoms with Gasteiger partial charge in [0.25, 0.3) is 11.8 Å². The molecule has 0 saturated carbocycles. The van der Waals surface area contributed by atoms with Crippen molar-refractivity contribution in [3.63, 3.8) is 0 Å². The summed E-state index contributed by atoms with van der Waals surface area (Å²) >= 11 is 0. The van der Waals surface area contributed by atoms with Gasteiger partial charge < -0.3 is 10.0 Å². The summed E-state index contributed by atoms with van der Waals surface area (Å²) < 4.78 is 26.0. The fraction of sp³-hybridized carbons (Fsp3) is 0.462. The monoisotopic (exact) mass is 255 g/mol. The molecule has 18 heavy (non-hydrogen) atoms. The molecule has 0 atom stereocenters. The van der Waals surface area contributed by atoms with Gasteiger partial charge in [-0.3, -0.25) is 4.79 Å². The Labute approximate surface area is 104 Å². The molecule has 2 rings (SSSR count). The van der Waals surface area contributed by atoms with Crippen LogP contribution in [0.5, 0.6) is 5.75 Å². The quantitative estimate of drug-likeness (QED) is 0.837. The smallest absolute Gasteiger partial charge is 0.254 e. The molecule has 5 heteroatoms. The first kappa shape index (κ1) is 12.8. The van der Waals surface area contributed by atoms with Crippen LogP contribution in [0.25, 0.3) is 0 Å². The zero-order valence-corrected chi connectivity index (χ0v) is 10.1. The van der Waals surface area contributed by atoms with Crippen LogP contribution in [-0.2, 0) is 0 Å². The third-order valence-electron chi connectivity index (χ3n) is 3.32. The summed E-state index contributed by atoms with van der Waals surface area (Å²) in [6.07, 6.45) is -0.590. The van der Waals surface area contributed by atoms with Crippen molar-refractivity contribution in [2.45, 2.75) is 25.7 Å². The SMILES string of the molecule is Cc1c(O)cccc1C(=O)N1CCC(F)(F)CC1. The van der Waals surface area contributed by atoms with E-state index >= 15 is 0 Å². The van der Waals surface area contributed by atoms with Crippen molar-refractivity contribution in [2.24, 2.45) is 0 Å². The Balaban J connectivity index is 2.15. The van der Waals surface area contributed by atoms with Gasteiger partial charge >= 0.3 is 0 Å². The maximum absolute atomic E-state index is 13.0. The molecule has 0 unspecified atom stereocenters. The highest BCUT2D eigenvalue weighted by Gasteiger charge is 2.36. The van der Waals surface area contributed by atoms with Crippen molar-refractivity contribution >= 4 is 5.91 Å². The van der Waals surface area contributed by atoms with E-state index in [9.17, 15) is 18.7 Å². The first-order valence-corrected chi connectivity index (χ1v) is 5.86. The van der Waals surface area contributed by atoms with Gasteiger partial charge in [-0.15, -0.1) is 0 Å². The van der Waals surface area contributed by atoms with Gasteiger partial charge in [-0.05, 0) is 19.1 Å². The van der Waals surface area contributed by atoms with E-state index in [0.717, 1.165) is 0 Å². The zero-order valence-electron chi connectivity index (χ0n) is 10.1. The molecule has 0 bridgehead atoms. The molecule has 0 radical (unpaired) electrons. The van der Waals surface area contributed by atoms with Crippen LogP contribution < -0.4 is 0 Å². The number of rotatable bonds is 1. The lowest BCUT2D eigenvalue weighted by molar-refractivity contribution is -0.0494. The normalized spacial score (nSPS) is 18.7. The van der Waals surface area contributed by atoms with Crippen molar-refractivity contribution in [3.8, 4) is 5.75 Å². The van der Waals surface area contributed by atoms with Gasteiger partial charge in [0.2, 0.25) is 0 Å². The summed E-state index contributed by atoms with van der Waals surface area (Å²) in [5.74, 6) is -2.91. The van der Waals surface area contributed by atoms with Crippen molar-refractivity contribution < 1.29 is 18.7 Å². The molecule has 0 aromatic heterocycles. The van der Waals surface area contributed by atoms with Crippen molar-refractivity contribution in [1.82, 2.24) is 4.90 Å². The van der Waals surface area contributed by atoms with Gasteiger partial charge in [0.1, 0.15) is 5.75 Å². The molecule has 0 aliphatic carbocycles. The van der Waals surface area contributed by atoms with E-state index in [1.165, 1.54) is 11.0 Å². The first-order chi connectivity index (χ1) is 8.41. The van der Waals surface area contributed by atoms with Gasteiger partial charge in [-0.1, -0.05) is 6.07 Å². The molecule has 1 fully saturated rings. The van der Waals surface area contributed by atoms with Crippen molar-refractivity contribution in [1.29, 1.82) is 0 Å². The minimum atomic E-state index is -2.66. The largest absolute Gasteiger partial charge is 0.508 e. The Hall–Kier alpha value is -1.65. The Kier molecular flexibility index (Phi) is 3.24. The maximum Gasteiger partial charge on any atom is 0.254 e. The molecule has 1 aliphatic rings. The van der Waals surface area contributed by atoms with Crippen LogP contribution in [0.2, 0.25) is 0 Å². The second-order valence-corrected chi connectivity index (χ2v) is 4.60. The highest BCUT2D eigenvalue weighted by molar-refractivity contribution is 5.96. The molecule has 3 nitrogen and oxygen atoms in total.